The van der Waals surface area contributed by atoms with Gasteiger partial charge >= 0.3 is 11.9 Å². The molecule has 0 aromatic carbocycles. The minimum absolute atomic E-state index is 0.0593. The molecule has 0 saturated heterocycles. The summed E-state index contributed by atoms with van der Waals surface area (Å²) in [6, 6.07) is 0. The Balaban J connectivity index is 3.84. The number of unbranched alkanes of at least 4 members (excludes halogenated alkanes) is 16. The highest BCUT2D eigenvalue weighted by molar-refractivity contribution is 7.87. The van der Waals surface area contributed by atoms with Gasteiger partial charge in [0, 0.05) is 13.2 Å². The molecule has 0 aromatic rings. The molecule has 0 aliphatic heterocycles. The molecule has 1 atom stereocenters. The Morgan fingerprint density at radius 1 is 0.550 bits per heavy atom. The van der Waals surface area contributed by atoms with Gasteiger partial charge in [-0.05, 0) is 12.8 Å². The van der Waals surface area contributed by atoms with E-state index >= 15 is 0 Å². The summed E-state index contributed by atoms with van der Waals surface area (Å²) in [5.41, 5.74) is 0. The van der Waals surface area contributed by atoms with Gasteiger partial charge in [-0.1, -0.05) is 117 Å². The quantitative estimate of drug-likeness (QED) is 0.0542. The first-order valence-corrected chi connectivity index (χ1v) is 17.3. The van der Waals surface area contributed by atoms with E-state index in [0.29, 0.717) is 13.2 Å². The second-order valence-corrected chi connectivity index (χ2v) is 12.1. The van der Waals surface area contributed by atoms with Crippen LogP contribution >= 0.6 is 0 Å². The van der Waals surface area contributed by atoms with Gasteiger partial charge in [0.1, 0.15) is 13.2 Å². The van der Waals surface area contributed by atoms with Crippen molar-refractivity contribution < 1.29 is 41.5 Å². The van der Waals surface area contributed by atoms with E-state index in [0.717, 1.165) is 25.7 Å². The zero-order chi connectivity index (χ0) is 29.7. The monoisotopic (exact) mass is 594 g/mol. The van der Waals surface area contributed by atoms with Crippen LogP contribution in [0.15, 0.2) is 0 Å². The van der Waals surface area contributed by atoms with Gasteiger partial charge in [0.05, 0.1) is 19.6 Å². The molecule has 1 unspecified atom stereocenters. The lowest BCUT2D eigenvalue weighted by atomic mass is 10.1. The van der Waals surface area contributed by atoms with Gasteiger partial charge in [-0.25, -0.2) is 0 Å². The molecule has 0 heterocycles. The van der Waals surface area contributed by atoms with Gasteiger partial charge in [0.2, 0.25) is 0 Å². The fraction of sp³-hybridized carbons (Fsp3) is 0.933. The highest BCUT2D eigenvalue weighted by atomic mass is 32.2. The average Bonchev–Trinajstić information content (AvgIpc) is 2.91. The molecule has 0 saturated carbocycles. The van der Waals surface area contributed by atoms with E-state index in [1.165, 1.54) is 89.9 Å². The van der Waals surface area contributed by atoms with Crippen LogP contribution in [0.4, 0.5) is 0 Å². The van der Waals surface area contributed by atoms with Crippen molar-refractivity contribution in [2.75, 3.05) is 39.6 Å². The van der Waals surface area contributed by atoms with Crippen molar-refractivity contribution in [3.63, 3.8) is 0 Å². The second-order valence-electron chi connectivity index (χ2n) is 10.5. The summed E-state index contributed by atoms with van der Waals surface area (Å²) >= 11 is 0. The maximum atomic E-state index is 12.2. The summed E-state index contributed by atoms with van der Waals surface area (Å²) in [5, 5.41) is -2.03. The molecule has 0 spiro atoms. The highest BCUT2D eigenvalue weighted by Crippen LogP contribution is 2.11. The van der Waals surface area contributed by atoms with E-state index < -0.39 is 33.7 Å². The summed E-state index contributed by atoms with van der Waals surface area (Å²) in [6.45, 7) is 5.59. The smallest absolute Gasteiger partial charge is 0.327 e. The first-order valence-electron chi connectivity index (χ1n) is 15.8. The number of ether oxygens (including phenoxy) is 4. The largest absolute Gasteiger partial charge is 0.463 e. The van der Waals surface area contributed by atoms with E-state index in [9.17, 15) is 22.6 Å². The topological polar surface area (TPSA) is 125 Å². The molecule has 0 aromatic heterocycles. The predicted molar refractivity (Wildman–Crippen MR) is 158 cm³/mol. The van der Waals surface area contributed by atoms with Gasteiger partial charge < -0.3 is 18.9 Å². The zero-order valence-electron chi connectivity index (χ0n) is 25.4. The van der Waals surface area contributed by atoms with Gasteiger partial charge in [-0.2, -0.15) is 8.42 Å². The minimum Gasteiger partial charge on any atom is -0.463 e. The number of rotatable bonds is 30. The van der Waals surface area contributed by atoms with Crippen LogP contribution in [0, 0.1) is 0 Å². The highest BCUT2D eigenvalue weighted by Gasteiger charge is 2.35. The van der Waals surface area contributed by atoms with Crippen LogP contribution < -0.4 is 0 Å². The van der Waals surface area contributed by atoms with Crippen molar-refractivity contribution in [2.24, 2.45) is 0 Å². The summed E-state index contributed by atoms with van der Waals surface area (Å²) in [5.74, 6) is -2.12. The van der Waals surface area contributed by atoms with Crippen molar-refractivity contribution in [1.29, 1.82) is 0 Å². The van der Waals surface area contributed by atoms with Crippen molar-refractivity contribution in [3.05, 3.63) is 0 Å². The summed E-state index contributed by atoms with van der Waals surface area (Å²) in [4.78, 5) is 24.2. The van der Waals surface area contributed by atoms with Crippen LogP contribution in [0.1, 0.15) is 136 Å². The number of carbonyl (C=O) groups excluding carboxylic acids is 2. The van der Waals surface area contributed by atoms with Crippen LogP contribution in [0.3, 0.4) is 0 Å². The Morgan fingerprint density at radius 2 is 0.925 bits per heavy atom. The van der Waals surface area contributed by atoms with Crippen molar-refractivity contribution in [2.45, 2.75) is 141 Å². The average molecular weight is 595 g/mol. The van der Waals surface area contributed by atoms with Gasteiger partial charge in [0.15, 0.2) is 5.25 Å². The standard InChI is InChI=1S/C30H58O9S/c1-3-5-7-9-11-13-15-17-19-21-36-23-25-38-29(31)27-28(40(33,34)35)30(32)39-26-24-37-22-20-18-16-14-12-10-8-6-4-2/h28H,3-27H2,1-2H3,(H,33,34,35). The Labute approximate surface area is 244 Å². The molecule has 9 nitrogen and oxygen atoms in total. The number of hydrogen-bond acceptors (Lipinski definition) is 8. The molecule has 0 fully saturated rings. The van der Waals surface area contributed by atoms with Crippen molar-refractivity contribution >= 4 is 22.1 Å². The third-order valence-corrected chi connectivity index (χ3v) is 7.80. The third-order valence-electron chi connectivity index (χ3n) is 6.72. The van der Waals surface area contributed by atoms with Gasteiger partial charge in [-0.3, -0.25) is 14.1 Å². The van der Waals surface area contributed by atoms with Gasteiger partial charge in [-0.15, -0.1) is 0 Å². The number of carbonyl (C=O) groups is 2. The first-order chi connectivity index (χ1) is 19.3. The molecule has 0 bridgehead atoms. The molecule has 0 rings (SSSR count). The summed E-state index contributed by atoms with van der Waals surface area (Å²) in [7, 11) is -4.83. The SMILES string of the molecule is CCCCCCCCCCCOCCOC(=O)CC(C(=O)OCCOCCCCCCCCCCC)S(=O)(=O)O. The Hall–Kier alpha value is -1.23. The van der Waals surface area contributed by atoms with Crippen LogP contribution in [0.5, 0.6) is 0 Å². The van der Waals surface area contributed by atoms with E-state index in [1.54, 1.807) is 0 Å². The molecule has 0 amide bonds. The molecule has 0 radical (unpaired) electrons. The van der Waals surface area contributed by atoms with E-state index in [1.807, 2.05) is 0 Å². The minimum atomic E-state index is -4.83. The van der Waals surface area contributed by atoms with E-state index in [4.69, 9.17) is 18.9 Å². The van der Waals surface area contributed by atoms with Gasteiger partial charge in [0.25, 0.3) is 10.1 Å². The predicted octanol–water partition coefficient (Wildman–Crippen LogP) is 6.81. The molecule has 10 heteroatoms. The molecule has 40 heavy (non-hydrogen) atoms. The third kappa shape index (κ3) is 25.7. The number of esters is 2. The summed E-state index contributed by atoms with van der Waals surface area (Å²) < 4.78 is 53.4. The Bertz CT molecular complexity index is 697. The maximum Gasteiger partial charge on any atom is 0.327 e. The molecule has 1 N–H and O–H groups in total. The maximum absolute atomic E-state index is 12.2. The lowest BCUT2D eigenvalue weighted by Crippen LogP contribution is -2.35. The Morgan fingerprint density at radius 3 is 1.32 bits per heavy atom. The van der Waals surface area contributed by atoms with E-state index in [2.05, 4.69) is 13.8 Å². The fourth-order valence-electron chi connectivity index (χ4n) is 4.26. The molecule has 0 aliphatic carbocycles. The van der Waals surface area contributed by atoms with Crippen LogP contribution in [0.25, 0.3) is 0 Å². The molecule has 0 aliphatic rings. The normalized spacial score (nSPS) is 12.4. The lowest BCUT2D eigenvalue weighted by molar-refractivity contribution is -0.151. The van der Waals surface area contributed by atoms with Crippen LogP contribution in [0.2, 0.25) is 0 Å². The molecule has 238 valence electrons. The fourth-order valence-corrected chi connectivity index (χ4v) is 4.92. The second kappa shape index (κ2) is 27.9. The van der Waals surface area contributed by atoms with Crippen molar-refractivity contribution in [1.82, 2.24) is 0 Å². The summed E-state index contributed by atoms with van der Waals surface area (Å²) in [6.07, 6.45) is 20.9. The lowest BCUT2D eigenvalue weighted by Gasteiger charge is -2.13. The van der Waals surface area contributed by atoms with E-state index in [-0.39, 0.29) is 26.4 Å². The zero-order valence-corrected chi connectivity index (χ0v) is 26.2. The van der Waals surface area contributed by atoms with Crippen LogP contribution in [-0.2, 0) is 38.7 Å². The number of hydrogen-bond donors (Lipinski definition) is 1. The van der Waals surface area contributed by atoms with Crippen molar-refractivity contribution in [3.8, 4) is 0 Å². The Kier molecular flexibility index (Phi) is 27.1. The molecular weight excluding hydrogens is 536 g/mol. The first kappa shape index (κ1) is 38.8. The molecular formula is C30H58O9S. The van der Waals surface area contributed by atoms with Crippen LogP contribution in [-0.4, -0.2) is 69.8 Å².